The smallest absolute Gasteiger partial charge is 0.0776 e. The molecule has 0 spiro atoms. The maximum Gasteiger partial charge on any atom is 0.0776 e. The second kappa shape index (κ2) is 7.21. The summed E-state index contributed by atoms with van der Waals surface area (Å²) in [5, 5.41) is 3.59. The molecule has 0 saturated heterocycles. The average molecular weight is 320 g/mol. The highest BCUT2D eigenvalue weighted by Crippen LogP contribution is 2.53. The minimum atomic E-state index is -0.197. The molecule has 24 heavy (non-hydrogen) atoms. The number of hydrogen-bond acceptors (Lipinski definition) is 2. The fourth-order valence-corrected chi connectivity index (χ4v) is 3.96. The maximum absolute atomic E-state index is 4.83. The van der Waals surface area contributed by atoms with Crippen LogP contribution in [0.3, 0.4) is 0 Å². The van der Waals surface area contributed by atoms with Crippen LogP contribution in [-0.2, 0) is 5.41 Å². The Hall–Kier alpha value is -2.09. The van der Waals surface area contributed by atoms with E-state index in [0.29, 0.717) is 0 Å². The van der Waals surface area contributed by atoms with E-state index in [0.717, 1.165) is 25.1 Å². The van der Waals surface area contributed by atoms with Crippen LogP contribution in [0.15, 0.2) is 54.9 Å². The second-order valence-corrected chi connectivity index (χ2v) is 6.71. The van der Waals surface area contributed by atoms with Gasteiger partial charge in [0.05, 0.1) is 11.1 Å². The molecule has 2 nitrogen and oxygen atoms in total. The van der Waals surface area contributed by atoms with Crippen LogP contribution in [-0.4, -0.2) is 11.5 Å². The minimum absolute atomic E-state index is 0.197. The molecule has 1 N–H and O–H groups in total. The standard InChI is InChI=1S/C22H28N2/c1-4-6-9-14-22(17(3)23-15-5-2)20-13-8-7-11-18(20)19-12-10-16-24-21(19)22/h7-8,10-13,16,23H,3-6,9,14-15H2,1-2H3. The summed E-state index contributed by atoms with van der Waals surface area (Å²) in [4.78, 5) is 4.83. The molecule has 1 aliphatic carbocycles. The summed E-state index contributed by atoms with van der Waals surface area (Å²) >= 11 is 0. The molecule has 0 saturated carbocycles. The molecule has 0 aliphatic heterocycles. The highest BCUT2D eigenvalue weighted by molar-refractivity contribution is 5.81. The molecule has 0 bridgehead atoms. The van der Waals surface area contributed by atoms with Crippen molar-refractivity contribution in [2.45, 2.75) is 51.4 Å². The first-order valence-corrected chi connectivity index (χ1v) is 9.24. The molecule has 1 unspecified atom stereocenters. The van der Waals surface area contributed by atoms with Crippen LogP contribution in [0.1, 0.15) is 57.2 Å². The van der Waals surface area contributed by atoms with Crippen molar-refractivity contribution in [1.29, 1.82) is 0 Å². The third-order valence-electron chi connectivity index (χ3n) is 5.15. The van der Waals surface area contributed by atoms with Gasteiger partial charge < -0.3 is 5.32 Å². The fraction of sp³-hybridized carbons (Fsp3) is 0.409. The van der Waals surface area contributed by atoms with Crippen molar-refractivity contribution in [3.05, 3.63) is 66.1 Å². The van der Waals surface area contributed by atoms with E-state index in [1.807, 2.05) is 12.3 Å². The van der Waals surface area contributed by atoms with Crippen molar-refractivity contribution in [3.63, 3.8) is 0 Å². The second-order valence-electron chi connectivity index (χ2n) is 6.71. The van der Waals surface area contributed by atoms with E-state index in [1.54, 1.807) is 0 Å². The Labute approximate surface area is 146 Å². The third-order valence-corrected chi connectivity index (χ3v) is 5.15. The zero-order valence-electron chi connectivity index (χ0n) is 14.9. The number of allylic oxidation sites excluding steroid dienone is 1. The molecule has 1 atom stereocenters. The number of rotatable bonds is 8. The van der Waals surface area contributed by atoms with E-state index < -0.39 is 0 Å². The van der Waals surface area contributed by atoms with Crippen LogP contribution >= 0.6 is 0 Å². The highest BCUT2D eigenvalue weighted by atomic mass is 14.9. The molecule has 1 heterocycles. The van der Waals surface area contributed by atoms with E-state index in [1.165, 1.54) is 41.6 Å². The van der Waals surface area contributed by atoms with Crippen molar-refractivity contribution in [3.8, 4) is 11.1 Å². The van der Waals surface area contributed by atoms with E-state index in [-0.39, 0.29) is 5.41 Å². The number of pyridine rings is 1. The van der Waals surface area contributed by atoms with Gasteiger partial charge in [0.25, 0.3) is 0 Å². The van der Waals surface area contributed by atoms with E-state index in [2.05, 4.69) is 56.1 Å². The van der Waals surface area contributed by atoms with Gasteiger partial charge in [-0.1, -0.05) is 70.0 Å². The van der Waals surface area contributed by atoms with Crippen LogP contribution in [0.25, 0.3) is 11.1 Å². The SMILES string of the molecule is C=C(NCCC)C1(CCCCC)c2ccccc2-c2cccnc21. The number of unbranched alkanes of at least 4 members (excludes halogenated alkanes) is 2. The lowest BCUT2D eigenvalue weighted by Crippen LogP contribution is -2.36. The summed E-state index contributed by atoms with van der Waals surface area (Å²) in [7, 11) is 0. The van der Waals surface area contributed by atoms with Gasteiger partial charge in [0, 0.05) is 24.0 Å². The molecule has 0 amide bonds. The first-order valence-electron chi connectivity index (χ1n) is 9.24. The molecule has 2 heteroatoms. The van der Waals surface area contributed by atoms with Gasteiger partial charge >= 0.3 is 0 Å². The molecule has 126 valence electrons. The third kappa shape index (κ3) is 2.64. The summed E-state index contributed by atoms with van der Waals surface area (Å²) < 4.78 is 0. The van der Waals surface area contributed by atoms with E-state index in [4.69, 9.17) is 4.98 Å². The zero-order chi connectivity index (χ0) is 17.0. The van der Waals surface area contributed by atoms with Crippen LogP contribution in [0, 0.1) is 0 Å². The normalized spacial score (nSPS) is 18.1. The van der Waals surface area contributed by atoms with Crippen molar-refractivity contribution in [2.75, 3.05) is 6.54 Å². The van der Waals surface area contributed by atoms with Gasteiger partial charge in [-0.2, -0.15) is 0 Å². The molecule has 1 aromatic carbocycles. The Morgan fingerprint density at radius 1 is 1.04 bits per heavy atom. The number of nitrogens with one attached hydrogen (secondary N) is 1. The number of fused-ring (bicyclic) bond motifs is 3. The van der Waals surface area contributed by atoms with Gasteiger partial charge in [-0.3, -0.25) is 4.98 Å². The molecule has 0 fully saturated rings. The van der Waals surface area contributed by atoms with Crippen LogP contribution < -0.4 is 5.32 Å². The first-order chi connectivity index (χ1) is 11.8. The van der Waals surface area contributed by atoms with Gasteiger partial charge in [-0.25, -0.2) is 0 Å². The van der Waals surface area contributed by atoms with Crippen LogP contribution in [0.2, 0.25) is 0 Å². The molecule has 1 aromatic heterocycles. The van der Waals surface area contributed by atoms with E-state index >= 15 is 0 Å². The van der Waals surface area contributed by atoms with Crippen LogP contribution in [0.5, 0.6) is 0 Å². The lowest BCUT2D eigenvalue weighted by Gasteiger charge is -2.34. The van der Waals surface area contributed by atoms with Crippen LogP contribution in [0.4, 0.5) is 0 Å². The van der Waals surface area contributed by atoms with Crippen molar-refractivity contribution < 1.29 is 0 Å². The lowest BCUT2D eigenvalue weighted by molar-refractivity contribution is 0.476. The number of aromatic nitrogens is 1. The number of benzene rings is 1. The predicted octanol–water partition coefficient (Wildman–Crippen LogP) is 5.44. The van der Waals surface area contributed by atoms with Gasteiger partial charge in [0.1, 0.15) is 0 Å². The summed E-state index contributed by atoms with van der Waals surface area (Å²) in [6.45, 7) is 9.88. The molecule has 1 aliphatic rings. The van der Waals surface area contributed by atoms with Gasteiger partial charge in [-0.05, 0) is 30.0 Å². The molecular formula is C22H28N2. The Balaban J connectivity index is 2.14. The first kappa shape index (κ1) is 16.8. The molecule has 3 rings (SSSR count). The highest BCUT2D eigenvalue weighted by Gasteiger charge is 2.46. The van der Waals surface area contributed by atoms with Crippen molar-refractivity contribution >= 4 is 0 Å². The molecular weight excluding hydrogens is 292 g/mol. The van der Waals surface area contributed by atoms with E-state index in [9.17, 15) is 0 Å². The Bertz CT molecular complexity index is 672. The summed E-state index contributed by atoms with van der Waals surface area (Å²) in [5.41, 5.74) is 6.03. The van der Waals surface area contributed by atoms with Crippen molar-refractivity contribution in [2.24, 2.45) is 0 Å². The molecule has 0 radical (unpaired) electrons. The summed E-state index contributed by atoms with van der Waals surface area (Å²) in [6.07, 6.45) is 7.74. The Morgan fingerprint density at radius 2 is 1.83 bits per heavy atom. The Kier molecular flexibility index (Phi) is 5.03. The quantitative estimate of drug-likeness (QED) is 0.655. The monoisotopic (exact) mass is 320 g/mol. The lowest BCUT2D eigenvalue weighted by atomic mass is 9.74. The Morgan fingerprint density at radius 3 is 2.62 bits per heavy atom. The summed E-state index contributed by atoms with van der Waals surface area (Å²) in [5.74, 6) is 0. The fourth-order valence-electron chi connectivity index (χ4n) is 3.96. The topological polar surface area (TPSA) is 24.9 Å². The zero-order valence-corrected chi connectivity index (χ0v) is 14.9. The van der Waals surface area contributed by atoms with Gasteiger partial charge in [-0.15, -0.1) is 0 Å². The molecule has 2 aromatic rings. The van der Waals surface area contributed by atoms with Gasteiger partial charge in [0.2, 0.25) is 0 Å². The summed E-state index contributed by atoms with van der Waals surface area (Å²) in [6, 6.07) is 13.0. The largest absolute Gasteiger partial charge is 0.388 e. The number of nitrogens with zero attached hydrogens (tertiary/aromatic N) is 1. The number of hydrogen-bond donors (Lipinski definition) is 1. The van der Waals surface area contributed by atoms with Gasteiger partial charge in [0.15, 0.2) is 0 Å². The van der Waals surface area contributed by atoms with Crippen molar-refractivity contribution in [1.82, 2.24) is 10.3 Å². The average Bonchev–Trinajstić information content (AvgIpc) is 2.92. The maximum atomic E-state index is 4.83. The minimum Gasteiger partial charge on any atom is -0.388 e. The predicted molar refractivity (Wildman–Crippen MR) is 102 cm³/mol.